The first-order valence-corrected chi connectivity index (χ1v) is 9.10. The van der Waals surface area contributed by atoms with Gasteiger partial charge in [-0.25, -0.2) is 4.99 Å². The van der Waals surface area contributed by atoms with Gasteiger partial charge in [0, 0.05) is 5.02 Å². The summed E-state index contributed by atoms with van der Waals surface area (Å²) >= 11 is 6.25. The molecule has 0 aromatic heterocycles. The van der Waals surface area contributed by atoms with E-state index in [9.17, 15) is 0 Å². The first-order valence-electron chi connectivity index (χ1n) is 8.72. The minimum absolute atomic E-state index is 0.128. The van der Waals surface area contributed by atoms with E-state index in [1.807, 2.05) is 36.4 Å². The summed E-state index contributed by atoms with van der Waals surface area (Å²) in [7, 11) is 0. The van der Waals surface area contributed by atoms with Crippen LogP contribution in [0.15, 0.2) is 89.9 Å². The average molecular weight is 362 g/mol. The number of halogens is 1. The van der Waals surface area contributed by atoms with Crippen molar-refractivity contribution in [2.45, 2.75) is 18.6 Å². The van der Waals surface area contributed by atoms with Crippen molar-refractivity contribution in [1.82, 2.24) is 10.6 Å². The maximum absolute atomic E-state index is 6.25. The predicted octanol–water partition coefficient (Wildman–Crippen LogP) is 4.87. The van der Waals surface area contributed by atoms with Gasteiger partial charge < -0.3 is 10.6 Å². The van der Waals surface area contributed by atoms with Gasteiger partial charge in [0.25, 0.3) is 0 Å². The molecule has 2 N–H and O–H groups in total. The van der Waals surface area contributed by atoms with Gasteiger partial charge in [-0.1, -0.05) is 90.5 Å². The third-order valence-corrected chi connectivity index (χ3v) is 4.97. The first kappa shape index (κ1) is 16.7. The number of aliphatic imine (C=N–C) groups is 1. The lowest BCUT2D eigenvalue weighted by Crippen LogP contribution is -2.25. The van der Waals surface area contributed by atoms with E-state index >= 15 is 0 Å². The third-order valence-electron chi connectivity index (χ3n) is 4.60. The van der Waals surface area contributed by atoms with Crippen molar-refractivity contribution < 1.29 is 0 Å². The van der Waals surface area contributed by atoms with Crippen LogP contribution < -0.4 is 10.6 Å². The van der Waals surface area contributed by atoms with Crippen LogP contribution >= 0.6 is 11.6 Å². The minimum atomic E-state index is 0.128. The van der Waals surface area contributed by atoms with Crippen molar-refractivity contribution in [2.75, 3.05) is 0 Å². The van der Waals surface area contributed by atoms with Gasteiger partial charge in [-0.2, -0.15) is 0 Å². The molecule has 1 saturated heterocycles. The van der Waals surface area contributed by atoms with Crippen LogP contribution in [-0.4, -0.2) is 5.96 Å². The summed E-state index contributed by atoms with van der Waals surface area (Å²) < 4.78 is 0. The summed E-state index contributed by atoms with van der Waals surface area (Å²) in [6, 6.07) is 29.0. The van der Waals surface area contributed by atoms with E-state index in [1.165, 1.54) is 11.1 Å². The molecule has 3 nitrogen and oxygen atoms in total. The summed E-state index contributed by atoms with van der Waals surface area (Å²) in [5.41, 5.74) is 3.48. The predicted molar refractivity (Wildman–Crippen MR) is 107 cm³/mol. The fourth-order valence-corrected chi connectivity index (χ4v) is 3.45. The fourth-order valence-electron chi connectivity index (χ4n) is 3.26. The molecule has 0 saturated carbocycles. The van der Waals surface area contributed by atoms with E-state index in [0.29, 0.717) is 6.54 Å². The number of rotatable bonds is 4. The van der Waals surface area contributed by atoms with Gasteiger partial charge in [-0.05, 0) is 22.8 Å². The fraction of sp³-hybridized carbons (Fsp3) is 0.136. The van der Waals surface area contributed by atoms with E-state index < -0.39 is 0 Å². The summed E-state index contributed by atoms with van der Waals surface area (Å²) in [4.78, 5) is 4.72. The monoisotopic (exact) mass is 361 g/mol. The number of hydrogen-bond donors (Lipinski definition) is 2. The molecule has 4 heteroatoms. The van der Waals surface area contributed by atoms with Gasteiger partial charge in [0.2, 0.25) is 0 Å². The van der Waals surface area contributed by atoms with Crippen molar-refractivity contribution in [3.63, 3.8) is 0 Å². The van der Waals surface area contributed by atoms with E-state index in [-0.39, 0.29) is 12.1 Å². The molecule has 1 heterocycles. The summed E-state index contributed by atoms with van der Waals surface area (Å²) in [5.74, 6) is 0.799. The normalized spacial score (nSPS) is 20.6. The van der Waals surface area contributed by atoms with Gasteiger partial charge in [0.15, 0.2) is 5.96 Å². The molecule has 1 aliphatic heterocycles. The molecule has 1 fully saturated rings. The topological polar surface area (TPSA) is 36.4 Å². The molecule has 3 aromatic rings. The second kappa shape index (κ2) is 7.63. The zero-order valence-electron chi connectivity index (χ0n) is 14.3. The maximum atomic E-state index is 6.25. The Morgan fingerprint density at radius 1 is 0.692 bits per heavy atom. The van der Waals surface area contributed by atoms with E-state index in [4.69, 9.17) is 16.6 Å². The number of nitrogens with zero attached hydrogens (tertiary/aromatic N) is 1. The van der Waals surface area contributed by atoms with Gasteiger partial charge in [0.1, 0.15) is 0 Å². The molecule has 2 atom stereocenters. The van der Waals surface area contributed by atoms with E-state index in [0.717, 1.165) is 16.5 Å². The lowest BCUT2D eigenvalue weighted by Gasteiger charge is -2.19. The quantitative estimate of drug-likeness (QED) is 0.695. The van der Waals surface area contributed by atoms with Gasteiger partial charge in [0.05, 0.1) is 18.6 Å². The Morgan fingerprint density at radius 2 is 1.19 bits per heavy atom. The SMILES string of the molecule is Clc1ccccc1CN=C1NC(c2ccccc2)[C@@H](c2ccccc2)N1. The van der Waals surface area contributed by atoms with Crippen molar-refractivity contribution in [3.8, 4) is 0 Å². The Morgan fingerprint density at radius 3 is 1.73 bits per heavy atom. The zero-order chi connectivity index (χ0) is 17.8. The van der Waals surface area contributed by atoms with Gasteiger partial charge >= 0.3 is 0 Å². The summed E-state index contributed by atoms with van der Waals surface area (Å²) in [6.07, 6.45) is 0. The highest BCUT2D eigenvalue weighted by molar-refractivity contribution is 6.31. The van der Waals surface area contributed by atoms with Crippen molar-refractivity contribution in [2.24, 2.45) is 4.99 Å². The standard InChI is InChI=1S/C22H20ClN3/c23-19-14-8-7-13-18(19)15-24-22-25-20(16-9-3-1-4-10-16)21(26-22)17-11-5-2-6-12-17/h1-14,20-21H,15H2,(H2,24,25,26)/t20-,21?/m1/s1. The van der Waals surface area contributed by atoms with Crippen molar-refractivity contribution in [1.29, 1.82) is 0 Å². The molecule has 0 bridgehead atoms. The molecule has 130 valence electrons. The number of benzene rings is 3. The molecule has 0 radical (unpaired) electrons. The molecule has 0 aliphatic carbocycles. The molecule has 0 spiro atoms. The van der Waals surface area contributed by atoms with E-state index in [2.05, 4.69) is 59.2 Å². The number of hydrogen-bond acceptors (Lipinski definition) is 1. The molecule has 1 unspecified atom stereocenters. The maximum Gasteiger partial charge on any atom is 0.192 e. The van der Waals surface area contributed by atoms with Crippen molar-refractivity contribution >= 4 is 17.6 Å². The largest absolute Gasteiger partial charge is 0.347 e. The molecular weight excluding hydrogens is 342 g/mol. The molecule has 0 amide bonds. The van der Waals surface area contributed by atoms with Crippen LogP contribution in [0.3, 0.4) is 0 Å². The van der Waals surface area contributed by atoms with Crippen LogP contribution in [-0.2, 0) is 6.54 Å². The highest BCUT2D eigenvalue weighted by Gasteiger charge is 2.32. The average Bonchev–Trinajstić information content (AvgIpc) is 3.13. The van der Waals surface area contributed by atoms with Crippen LogP contribution in [0.1, 0.15) is 28.8 Å². The Balaban J connectivity index is 1.61. The number of nitrogens with one attached hydrogen (secondary N) is 2. The molecule has 4 rings (SSSR count). The van der Waals surface area contributed by atoms with Crippen LogP contribution in [0.25, 0.3) is 0 Å². The summed E-state index contributed by atoms with van der Waals surface area (Å²) in [6.45, 7) is 0.540. The smallest absolute Gasteiger partial charge is 0.192 e. The van der Waals surface area contributed by atoms with Crippen LogP contribution in [0.4, 0.5) is 0 Å². The Kier molecular flexibility index (Phi) is 4.89. The lowest BCUT2D eigenvalue weighted by molar-refractivity contribution is 0.554. The molecular formula is C22H20ClN3. The molecule has 1 aliphatic rings. The highest BCUT2D eigenvalue weighted by atomic mass is 35.5. The molecule has 3 aromatic carbocycles. The Hall–Kier alpha value is -2.78. The van der Waals surface area contributed by atoms with Crippen LogP contribution in [0.2, 0.25) is 5.02 Å². The minimum Gasteiger partial charge on any atom is -0.347 e. The van der Waals surface area contributed by atoms with E-state index in [1.54, 1.807) is 0 Å². The number of guanidine groups is 1. The van der Waals surface area contributed by atoms with Gasteiger partial charge in [-0.3, -0.25) is 0 Å². The summed E-state index contributed by atoms with van der Waals surface area (Å²) in [5, 5.41) is 7.83. The van der Waals surface area contributed by atoms with Crippen molar-refractivity contribution in [3.05, 3.63) is 107 Å². The second-order valence-corrected chi connectivity index (χ2v) is 6.73. The zero-order valence-corrected chi connectivity index (χ0v) is 15.0. The lowest BCUT2D eigenvalue weighted by atomic mass is 9.95. The van der Waals surface area contributed by atoms with Crippen LogP contribution in [0, 0.1) is 0 Å². The Bertz CT molecular complexity index is 844. The second-order valence-electron chi connectivity index (χ2n) is 6.32. The van der Waals surface area contributed by atoms with Gasteiger partial charge in [-0.15, -0.1) is 0 Å². The highest BCUT2D eigenvalue weighted by Crippen LogP contribution is 2.32. The Labute approximate surface area is 158 Å². The molecule has 26 heavy (non-hydrogen) atoms. The third kappa shape index (κ3) is 3.58. The first-order chi connectivity index (χ1) is 12.8. The van der Waals surface area contributed by atoms with Crippen LogP contribution in [0.5, 0.6) is 0 Å².